The molecular weight excluding hydrogens is 368 g/mol. The molecular formula is C21H26N6O2. The highest BCUT2D eigenvalue weighted by atomic mass is 16.2. The smallest absolute Gasteiger partial charge is 0.271 e. The normalized spacial score (nSPS) is 12.1. The number of nitrogens with zero attached hydrogens (tertiary/aromatic N) is 4. The largest absolute Gasteiger partial charge is 0.351 e. The van der Waals surface area contributed by atoms with Crippen LogP contribution in [-0.4, -0.2) is 37.9 Å². The van der Waals surface area contributed by atoms with E-state index in [0.717, 1.165) is 16.9 Å². The van der Waals surface area contributed by atoms with Gasteiger partial charge in [0.2, 0.25) is 5.91 Å². The van der Waals surface area contributed by atoms with Crippen molar-refractivity contribution in [3.05, 3.63) is 54.4 Å². The first kappa shape index (κ1) is 20.4. The van der Waals surface area contributed by atoms with Crippen LogP contribution in [0.2, 0.25) is 0 Å². The van der Waals surface area contributed by atoms with Gasteiger partial charge in [0.05, 0.1) is 23.3 Å². The van der Waals surface area contributed by atoms with Crippen molar-refractivity contribution in [3.8, 4) is 0 Å². The van der Waals surface area contributed by atoms with Crippen LogP contribution in [0.5, 0.6) is 0 Å². The highest BCUT2D eigenvalue weighted by molar-refractivity contribution is 5.91. The lowest BCUT2D eigenvalue weighted by Crippen LogP contribution is -2.34. The minimum Gasteiger partial charge on any atom is -0.351 e. The Bertz CT molecular complexity index is 983. The van der Waals surface area contributed by atoms with E-state index in [2.05, 4.69) is 34.4 Å². The van der Waals surface area contributed by atoms with Crippen LogP contribution in [0.4, 0.5) is 0 Å². The maximum Gasteiger partial charge on any atom is 0.271 e. The summed E-state index contributed by atoms with van der Waals surface area (Å²) < 4.78 is 2.03. The zero-order chi connectivity index (χ0) is 20.8. The molecule has 0 aliphatic carbocycles. The summed E-state index contributed by atoms with van der Waals surface area (Å²) in [6.07, 6.45) is 5.23. The number of fused-ring (bicyclic) bond motifs is 1. The van der Waals surface area contributed by atoms with Gasteiger partial charge < -0.3 is 15.2 Å². The Morgan fingerprint density at radius 1 is 1.17 bits per heavy atom. The fraction of sp³-hybridized carbons (Fsp3) is 0.381. The summed E-state index contributed by atoms with van der Waals surface area (Å²) >= 11 is 0. The lowest BCUT2D eigenvalue weighted by Gasteiger charge is -2.22. The molecule has 0 spiro atoms. The van der Waals surface area contributed by atoms with Crippen molar-refractivity contribution >= 4 is 22.8 Å². The second kappa shape index (κ2) is 9.27. The zero-order valence-electron chi connectivity index (χ0n) is 16.9. The van der Waals surface area contributed by atoms with E-state index in [4.69, 9.17) is 4.98 Å². The topological polar surface area (TPSA) is 102 Å². The summed E-state index contributed by atoms with van der Waals surface area (Å²) in [6, 6.07) is 7.74. The molecule has 0 fully saturated rings. The van der Waals surface area contributed by atoms with Crippen LogP contribution in [0.1, 0.15) is 49.0 Å². The van der Waals surface area contributed by atoms with E-state index >= 15 is 0 Å². The predicted molar refractivity (Wildman–Crippen MR) is 110 cm³/mol. The van der Waals surface area contributed by atoms with Crippen LogP contribution < -0.4 is 10.6 Å². The fourth-order valence-corrected chi connectivity index (χ4v) is 3.18. The molecule has 2 aromatic heterocycles. The maximum atomic E-state index is 12.5. The molecule has 2 N–H and O–H groups in total. The third-order valence-corrected chi connectivity index (χ3v) is 4.75. The minimum absolute atomic E-state index is 0.0653. The van der Waals surface area contributed by atoms with E-state index in [1.807, 2.05) is 35.9 Å². The molecule has 3 rings (SSSR count). The van der Waals surface area contributed by atoms with Gasteiger partial charge in [-0.3, -0.25) is 14.6 Å². The summed E-state index contributed by atoms with van der Waals surface area (Å²) in [6.45, 7) is 4.51. The Hall–Kier alpha value is -3.29. The average Bonchev–Trinajstić information content (AvgIpc) is 3.06. The second-order valence-corrected chi connectivity index (χ2v) is 7.26. The molecule has 3 aromatic rings. The number of carbonyl (C=O) groups excluding carboxylic acids is 2. The van der Waals surface area contributed by atoms with E-state index in [9.17, 15) is 9.59 Å². The molecule has 0 saturated heterocycles. The summed E-state index contributed by atoms with van der Waals surface area (Å²) in [5, 5.41) is 5.85. The van der Waals surface area contributed by atoms with E-state index in [0.29, 0.717) is 19.4 Å². The minimum atomic E-state index is -0.293. The number of carbonyl (C=O) groups is 2. The number of nitrogens with one attached hydrogen (secondary N) is 2. The highest BCUT2D eigenvalue weighted by Gasteiger charge is 2.23. The first-order chi connectivity index (χ1) is 14.0. The summed E-state index contributed by atoms with van der Waals surface area (Å²) in [7, 11) is 1.97. The maximum absolute atomic E-state index is 12.5. The van der Waals surface area contributed by atoms with Gasteiger partial charge in [0.15, 0.2) is 0 Å². The van der Waals surface area contributed by atoms with E-state index in [1.165, 1.54) is 18.6 Å². The van der Waals surface area contributed by atoms with E-state index < -0.39 is 0 Å². The molecule has 0 aliphatic heterocycles. The van der Waals surface area contributed by atoms with Crippen molar-refractivity contribution in [2.24, 2.45) is 13.0 Å². The number of hydrogen-bond acceptors (Lipinski definition) is 5. The molecule has 0 aliphatic rings. The van der Waals surface area contributed by atoms with Crippen LogP contribution in [0, 0.1) is 5.92 Å². The first-order valence-corrected chi connectivity index (χ1v) is 9.72. The van der Waals surface area contributed by atoms with Crippen LogP contribution in [-0.2, 0) is 11.8 Å². The van der Waals surface area contributed by atoms with Gasteiger partial charge >= 0.3 is 0 Å². The van der Waals surface area contributed by atoms with Crippen LogP contribution in [0.25, 0.3) is 11.0 Å². The van der Waals surface area contributed by atoms with Gasteiger partial charge in [0, 0.05) is 32.4 Å². The number of imidazole rings is 1. The number of rotatable bonds is 8. The summed E-state index contributed by atoms with van der Waals surface area (Å²) in [5.41, 5.74) is 2.21. The molecule has 152 valence electrons. The quantitative estimate of drug-likeness (QED) is 0.571. The number of hydrogen-bond donors (Lipinski definition) is 2. The second-order valence-electron chi connectivity index (χ2n) is 7.26. The molecule has 1 aromatic carbocycles. The zero-order valence-corrected chi connectivity index (χ0v) is 16.9. The Labute approximate surface area is 169 Å². The van der Waals surface area contributed by atoms with E-state index in [1.54, 1.807) is 0 Å². The number of aryl methyl sites for hydroxylation is 1. The van der Waals surface area contributed by atoms with Gasteiger partial charge in [-0.1, -0.05) is 26.0 Å². The SMILES string of the molecule is CC(C)[C@H](NC(=O)CCCNC(=O)c1cnccn1)c1nc2ccccc2n1C. The fourth-order valence-electron chi connectivity index (χ4n) is 3.18. The van der Waals surface area contributed by atoms with Gasteiger partial charge in [-0.2, -0.15) is 0 Å². The van der Waals surface area contributed by atoms with Crippen LogP contribution >= 0.6 is 0 Å². The third-order valence-electron chi connectivity index (χ3n) is 4.75. The molecule has 8 nitrogen and oxygen atoms in total. The molecule has 0 bridgehead atoms. The van der Waals surface area contributed by atoms with Crippen molar-refractivity contribution in [2.45, 2.75) is 32.7 Å². The van der Waals surface area contributed by atoms with Crippen molar-refractivity contribution in [1.82, 2.24) is 30.2 Å². The van der Waals surface area contributed by atoms with Crippen LogP contribution in [0.15, 0.2) is 42.9 Å². The van der Waals surface area contributed by atoms with E-state index in [-0.39, 0.29) is 29.5 Å². The monoisotopic (exact) mass is 394 g/mol. The van der Waals surface area contributed by atoms with Crippen LogP contribution in [0.3, 0.4) is 0 Å². The van der Waals surface area contributed by atoms with Crippen molar-refractivity contribution < 1.29 is 9.59 Å². The van der Waals surface area contributed by atoms with Crippen molar-refractivity contribution in [3.63, 3.8) is 0 Å². The molecule has 0 unspecified atom stereocenters. The standard InChI is InChI=1S/C21H26N6O2/c1-14(2)19(20-25-15-7-4-5-8-17(15)27(20)3)26-18(28)9-6-10-24-21(29)16-13-22-11-12-23-16/h4-5,7-8,11-14,19H,6,9-10H2,1-3H3,(H,24,29)(H,26,28)/t19-/m0/s1. The number of benzene rings is 1. The lowest BCUT2D eigenvalue weighted by atomic mass is 10.0. The molecule has 0 radical (unpaired) electrons. The number of para-hydroxylation sites is 2. The van der Waals surface area contributed by atoms with Crippen molar-refractivity contribution in [1.29, 1.82) is 0 Å². The third kappa shape index (κ3) is 4.96. The molecule has 8 heteroatoms. The molecule has 29 heavy (non-hydrogen) atoms. The Morgan fingerprint density at radius 3 is 2.66 bits per heavy atom. The van der Waals surface area contributed by atoms with Gasteiger partial charge in [-0.15, -0.1) is 0 Å². The van der Waals surface area contributed by atoms with Crippen molar-refractivity contribution in [2.75, 3.05) is 6.54 Å². The summed E-state index contributed by atoms with van der Waals surface area (Å²) in [4.78, 5) is 37.0. The van der Waals surface area contributed by atoms with Gasteiger partial charge in [0.1, 0.15) is 11.5 Å². The summed E-state index contributed by atoms with van der Waals surface area (Å²) in [5.74, 6) is 0.666. The molecule has 2 heterocycles. The molecule has 1 atom stereocenters. The van der Waals surface area contributed by atoms with Gasteiger partial charge in [-0.05, 0) is 24.5 Å². The first-order valence-electron chi connectivity index (χ1n) is 9.72. The number of amides is 2. The van der Waals surface area contributed by atoms with Gasteiger partial charge in [-0.25, -0.2) is 9.97 Å². The molecule has 0 saturated carbocycles. The Kier molecular flexibility index (Phi) is 6.54. The van der Waals surface area contributed by atoms with Gasteiger partial charge in [0.25, 0.3) is 5.91 Å². The predicted octanol–water partition coefficient (Wildman–Crippen LogP) is 2.39. The lowest BCUT2D eigenvalue weighted by molar-refractivity contribution is -0.122. The Morgan fingerprint density at radius 2 is 1.97 bits per heavy atom. The molecule has 2 amide bonds. The number of aromatic nitrogens is 4. The average molecular weight is 394 g/mol. The highest BCUT2D eigenvalue weighted by Crippen LogP contribution is 2.24. The Balaban J connectivity index is 1.55.